The highest BCUT2D eigenvalue weighted by Gasteiger charge is 2.26. The quantitative estimate of drug-likeness (QED) is 0.848. The van der Waals surface area contributed by atoms with Crippen molar-refractivity contribution >= 4 is 16.8 Å². The first-order valence-electron chi connectivity index (χ1n) is 9.27. The number of para-hydroxylation sites is 1. The van der Waals surface area contributed by atoms with Crippen molar-refractivity contribution in [2.24, 2.45) is 11.8 Å². The van der Waals surface area contributed by atoms with Crippen molar-refractivity contribution in [1.82, 2.24) is 15.2 Å². The van der Waals surface area contributed by atoms with E-state index in [0.29, 0.717) is 18.3 Å². The molecule has 25 heavy (non-hydrogen) atoms. The first kappa shape index (κ1) is 16.3. The molecule has 1 unspecified atom stereocenters. The summed E-state index contributed by atoms with van der Waals surface area (Å²) in [6.07, 6.45) is 4.24. The summed E-state index contributed by atoms with van der Waals surface area (Å²) in [7, 11) is 0. The molecule has 2 aliphatic rings. The molecule has 0 bridgehead atoms. The molecule has 1 aromatic carbocycles. The number of nitrogens with one attached hydrogen (secondary N) is 2. The van der Waals surface area contributed by atoms with Crippen molar-refractivity contribution in [2.75, 3.05) is 19.6 Å². The van der Waals surface area contributed by atoms with Gasteiger partial charge in [0.15, 0.2) is 5.43 Å². The van der Waals surface area contributed by atoms with Crippen molar-refractivity contribution in [1.29, 1.82) is 0 Å². The zero-order valence-electron chi connectivity index (χ0n) is 14.5. The van der Waals surface area contributed by atoms with Crippen LogP contribution in [0.4, 0.5) is 0 Å². The number of H-pyrrole nitrogens is 1. The largest absolute Gasteiger partial charge is 0.357 e. The Morgan fingerprint density at radius 2 is 2.04 bits per heavy atom. The van der Waals surface area contributed by atoms with Gasteiger partial charge in [-0.2, -0.15) is 0 Å². The van der Waals surface area contributed by atoms with Gasteiger partial charge in [0.2, 0.25) is 5.91 Å². The van der Waals surface area contributed by atoms with Gasteiger partial charge in [-0.05, 0) is 49.8 Å². The van der Waals surface area contributed by atoms with Gasteiger partial charge in [-0.25, -0.2) is 0 Å². The van der Waals surface area contributed by atoms with Crippen molar-refractivity contribution in [3.8, 4) is 0 Å². The molecular formula is C20H25N3O2. The molecule has 4 rings (SSSR count). The van der Waals surface area contributed by atoms with Crippen LogP contribution >= 0.6 is 0 Å². The number of likely N-dealkylation sites (tertiary alicyclic amines) is 1. The van der Waals surface area contributed by atoms with E-state index in [1.807, 2.05) is 24.3 Å². The normalized spacial score (nSPS) is 20.9. The second kappa shape index (κ2) is 7.00. The number of hydrogen-bond acceptors (Lipinski definition) is 3. The van der Waals surface area contributed by atoms with Gasteiger partial charge in [0.25, 0.3) is 0 Å². The lowest BCUT2D eigenvalue weighted by Gasteiger charge is -2.16. The summed E-state index contributed by atoms with van der Waals surface area (Å²) in [5.74, 6) is 1.36. The Morgan fingerprint density at radius 3 is 2.88 bits per heavy atom. The second-order valence-electron chi connectivity index (χ2n) is 7.55. The van der Waals surface area contributed by atoms with E-state index < -0.39 is 0 Å². The number of nitrogens with zero attached hydrogens (tertiary/aromatic N) is 1. The fourth-order valence-corrected chi connectivity index (χ4v) is 3.72. The summed E-state index contributed by atoms with van der Waals surface area (Å²) in [5.41, 5.74) is 1.93. The van der Waals surface area contributed by atoms with Gasteiger partial charge in [0, 0.05) is 48.7 Å². The number of carbonyl (C=O) groups is 1. The highest BCUT2D eigenvalue weighted by Crippen LogP contribution is 2.32. The Balaban J connectivity index is 1.31. The maximum atomic E-state index is 12.2. The van der Waals surface area contributed by atoms with Crippen LogP contribution in [-0.4, -0.2) is 35.4 Å². The Kier molecular flexibility index (Phi) is 4.57. The average molecular weight is 339 g/mol. The van der Waals surface area contributed by atoms with Crippen molar-refractivity contribution in [3.05, 3.63) is 46.2 Å². The molecule has 1 amide bonds. The van der Waals surface area contributed by atoms with E-state index in [2.05, 4.69) is 15.2 Å². The maximum Gasteiger partial charge on any atom is 0.220 e. The SMILES string of the molecule is O=C(CC1CC1)NCC1CCN(Cc2cc(=O)c3ccccc3[nH]2)C1. The number of rotatable bonds is 6. The Labute approximate surface area is 147 Å². The predicted molar refractivity (Wildman–Crippen MR) is 98.3 cm³/mol. The van der Waals surface area contributed by atoms with E-state index in [0.717, 1.165) is 49.2 Å². The number of pyridine rings is 1. The molecule has 1 saturated carbocycles. The first-order chi connectivity index (χ1) is 12.2. The molecule has 0 radical (unpaired) electrons. The fraction of sp³-hybridized carbons (Fsp3) is 0.500. The summed E-state index contributed by atoms with van der Waals surface area (Å²) in [6, 6.07) is 9.35. The summed E-state index contributed by atoms with van der Waals surface area (Å²) in [5, 5.41) is 3.83. The molecule has 1 atom stereocenters. The van der Waals surface area contributed by atoms with Crippen LogP contribution in [-0.2, 0) is 11.3 Å². The van der Waals surface area contributed by atoms with E-state index in [4.69, 9.17) is 0 Å². The van der Waals surface area contributed by atoms with Crippen LogP contribution in [0, 0.1) is 11.8 Å². The van der Waals surface area contributed by atoms with Gasteiger partial charge in [0.05, 0.1) is 0 Å². The molecule has 132 valence electrons. The molecule has 1 saturated heterocycles. The van der Waals surface area contributed by atoms with E-state index in [9.17, 15) is 9.59 Å². The van der Waals surface area contributed by atoms with E-state index in [1.54, 1.807) is 6.07 Å². The summed E-state index contributed by atoms with van der Waals surface area (Å²) < 4.78 is 0. The number of amides is 1. The Hall–Kier alpha value is -2.14. The second-order valence-corrected chi connectivity index (χ2v) is 7.55. The number of aromatic amines is 1. The number of carbonyl (C=O) groups excluding carboxylic acids is 1. The fourth-order valence-electron chi connectivity index (χ4n) is 3.72. The van der Waals surface area contributed by atoms with Crippen LogP contribution < -0.4 is 10.7 Å². The minimum Gasteiger partial charge on any atom is -0.357 e. The molecule has 2 N–H and O–H groups in total. The van der Waals surface area contributed by atoms with Gasteiger partial charge in [-0.1, -0.05) is 12.1 Å². The number of fused-ring (bicyclic) bond motifs is 1. The molecule has 2 fully saturated rings. The first-order valence-corrected chi connectivity index (χ1v) is 9.27. The van der Waals surface area contributed by atoms with E-state index in [1.165, 1.54) is 12.8 Å². The molecule has 5 heteroatoms. The minimum absolute atomic E-state index is 0.0763. The van der Waals surface area contributed by atoms with Crippen LogP contribution in [0.2, 0.25) is 0 Å². The van der Waals surface area contributed by atoms with Crippen LogP contribution in [0.15, 0.2) is 35.1 Å². The smallest absolute Gasteiger partial charge is 0.220 e. The third-order valence-electron chi connectivity index (χ3n) is 5.32. The molecule has 5 nitrogen and oxygen atoms in total. The lowest BCUT2D eigenvalue weighted by molar-refractivity contribution is -0.121. The lowest BCUT2D eigenvalue weighted by atomic mass is 10.1. The van der Waals surface area contributed by atoms with Crippen LogP contribution in [0.1, 0.15) is 31.4 Å². The molecule has 0 spiro atoms. The number of benzene rings is 1. The molecule has 1 aliphatic heterocycles. The highest BCUT2D eigenvalue weighted by molar-refractivity contribution is 5.78. The molecule has 2 heterocycles. The third kappa shape index (κ3) is 4.10. The molecule has 1 aliphatic carbocycles. The van der Waals surface area contributed by atoms with Crippen molar-refractivity contribution < 1.29 is 4.79 Å². The monoisotopic (exact) mass is 339 g/mol. The van der Waals surface area contributed by atoms with E-state index in [-0.39, 0.29) is 11.3 Å². The summed E-state index contributed by atoms with van der Waals surface area (Å²) >= 11 is 0. The Morgan fingerprint density at radius 1 is 1.20 bits per heavy atom. The highest BCUT2D eigenvalue weighted by atomic mass is 16.1. The van der Waals surface area contributed by atoms with Gasteiger partial charge >= 0.3 is 0 Å². The number of aromatic nitrogens is 1. The summed E-state index contributed by atoms with van der Waals surface area (Å²) in [4.78, 5) is 29.8. The van der Waals surface area contributed by atoms with Crippen LogP contribution in [0.5, 0.6) is 0 Å². The van der Waals surface area contributed by atoms with Crippen LogP contribution in [0.3, 0.4) is 0 Å². The predicted octanol–water partition coefficient (Wildman–Crippen LogP) is 2.27. The van der Waals surface area contributed by atoms with Crippen LogP contribution in [0.25, 0.3) is 10.9 Å². The minimum atomic E-state index is 0.0763. The van der Waals surface area contributed by atoms with Gasteiger partial charge < -0.3 is 10.3 Å². The zero-order chi connectivity index (χ0) is 17.2. The van der Waals surface area contributed by atoms with Crippen molar-refractivity contribution in [3.63, 3.8) is 0 Å². The molecule has 2 aromatic rings. The van der Waals surface area contributed by atoms with Gasteiger partial charge in [-0.3, -0.25) is 14.5 Å². The zero-order valence-corrected chi connectivity index (χ0v) is 14.5. The van der Waals surface area contributed by atoms with Gasteiger partial charge in [0.1, 0.15) is 0 Å². The average Bonchev–Trinajstić information content (AvgIpc) is 3.30. The van der Waals surface area contributed by atoms with E-state index >= 15 is 0 Å². The Bertz CT molecular complexity index is 825. The maximum absolute atomic E-state index is 12.2. The van der Waals surface area contributed by atoms with Gasteiger partial charge in [-0.15, -0.1) is 0 Å². The molecular weight excluding hydrogens is 314 g/mol. The standard InChI is InChI=1S/C20H25N3O2/c24-19-10-16(22-18-4-2-1-3-17(18)19)13-23-8-7-15(12-23)11-21-20(25)9-14-5-6-14/h1-4,10,14-15H,5-9,11-13H2,(H,21,25)(H,22,24). The third-order valence-corrected chi connectivity index (χ3v) is 5.32. The summed E-state index contributed by atoms with van der Waals surface area (Å²) in [6.45, 7) is 3.51. The van der Waals surface area contributed by atoms with Crippen molar-refractivity contribution in [2.45, 2.75) is 32.2 Å². The number of hydrogen-bond donors (Lipinski definition) is 2. The molecule has 1 aromatic heterocycles. The topological polar surface area (TPSA) is 65.2 Å². The lowest BCUT2D eigenvalue weighted by Crippen LogP contribution is -2.31.